The lowest BCUT2D eigenvalue weighted by atomic mass is 10.2. The minimum absolute atomic E-state index is 0.506. The summed E-state index contributed by atoms with van der Waals surface area (Å²) in [7, 11) is 0. The molecule has 2 aromatic heterocycles. The zero-order chi connectivity index (χ0) is 15.6. The van der Waals surface area contributed by atoms with Crippen molar-refractivity contribution >= 4 is 5.69 Å². The van der Waals surface area contributed by atoms with Crippen molar-refractivity contribution in [3.8, 4) is 5.69 Å². The average Bonchev–Trinajstić information content (AvgIpc) is 3.16. The number of anilines is 1. The smallest absolute Gasteiger partial charge is 0.375 e. The average molecular weight is 307 g/mol. The molecule has 0 amide bonds. The number of H-pyrrole nitrogens is 1. The third-order valence-corrected chi connectivity index (χ3v) is 3.06. The normalized spacial score (nSPS) is 11.6. The topological polar surface area (TPSA) is 58.5 Å². The third kappa shape index (κ3) is 3.11. The van der Waals surface area contributed by atoms with Crippen LogP contribution in [0.25, 0.3) is 5.69 Å². The number of hydrogen-bond acceptors (Lipinski definition) is 3. The fourth-order valence-electron chi connectivity index (χ4n) is 1.94. The van der Waals surface area contributed by atoms with Crippen LogP contribution in [0.5, 0.6) is 0 Å². The number of nitrogens with zero attached hydrogens (tertiary/aromatic N) is 3. The summed E-state index contributed by atoms with van der Waals surface area (Å²) in [4.78, 5) is 7.04. The van der Waals surface area contributed by atoms with Crippen LogP contribution in [-0.2, 0) is 12.7 Å². The van der Waals surface area contributed by atoms with Crippen LogP contribution in [0, 0.1) is 0 Å². The molecule has 0 bridgehead atoms. The molecule has 0 spiro atoms. The summed E-state index contributed by atoms with van der Waals surface area (Å²) in [6.07, 6.45) is 2.34. The lowest BCUT2D eigenvalue weighted by Crippen LogP contribution is -2.05. The van der Waals surface area contributed by atoms with Gasteiger partial charge in [0.15, 0.2) is 0 Å². The van der Waals surface area contributed by atoms with Gasteiger partial charge in [0.05, 0.1) is 35.9 Å². The standard InChI is InChI=1S/C14H12F3N5/c15-14(16,17)10-1-3-12(4-2-10)22-9-11(7-21-22)20-8-13-18-5-6-19-13/h1-7,9,20H,8H2,(H,18,19). The molecule has 114 valence electrons. The van der Waals surface area contributed by atoms with Gasteiger partial charge in [-0.3, -0.25) is 0 Å². The fraction of sp³-hybridized carbons (Fsp3) is 0.143. The molecule has 3 aromatic rings. The van der Waals surface area contributed by atoms with Gasteiger partial charge in [-0.2, -0.15) is 18.3 Å². The predicted octanol–water partition coefficient (Wildman–Crippen LogP) is 3.23. The highest BCUT2D eigenvalue weighted by Gasteiger charge is 2.29. The summed E-state index contributed by atoms with van der Waals surface area (Å²) >= 11 is 0. The number of nitrogens with one attached hydrogen (secondary N) is 2. The van der Waals surface area contributed by atoms with E-state index in [1.807, 2.05) is 0 Å². The summed E-state index contributed by atoms with van der Waals surface area (Å²) in [5, 5.41) is 7.24. The second-order valence-corrected chi connectivity index (χ2v) is 4.61. The van der Waals surface area contributed by atoms with E-state index >= 15 is 0 Å². The van der Waals surface area contributed by atoms with E-state index in [-0.39, 0.29) is 0 Å². The van der Waals surface area contributed by atoms with Gasteiger partial charge >= 0.3 is 6.18 Å². The first-order chi connectivity index (χ1) is 10.5. The first-order valence-corrected chi connectivity index (χ1v) is 6.47. The molecule has 2 heterocycles. The number of imidazole rings is 1. The van der Waals surface area contributed by atoms with Crippen molar-refractivity contribution in [3.63, 3.8) is 0 Å². The summed E-state index contributed by atoms with van der Waals surface area (Å²) < 4.78 is 39.1. The highest BCUT2D eigenvalue weighted by Crippen LogP contribution is 2.29. The van der Waals surface area contributed by atoms with Gasteiger partial charge in [0, 0.05) is 12.4 Å². The van der Waals surface area contributed by atoms with Crippen LogP contribution < -0.4 is 5.32 Å². The lowest BCUT2D eigenvalue weighted by Gasteiger charge is -2.07. The Balaban J connectivity index is 1.70. The minimum Gasteiger partial charge on any atom is -0.375 e. The van der Waals surface area contributed by atoms with Crippen LogP contribution in [0.15, 0.2) is 49.1 Å². The lowest BCUT2D eigenvalue weighted by molar-refractivity contribution is -0.137. The van der Waals surface area contributed by atoms with Crippen molar-refractivity contribution in [2.45, 2.75) is 12.7 Å². The van der Waals surface area contributed by atoms with E-state index in [0.29, 0.717) is 12.2 Å². The number of halogens is 3. The van der Waals surface area contributed by atoms with Crippen molar-refractivity contribution in [3.05, 3.63) is 60.4 Å². The van der Waals surface area contributed by atoms with E-state index in [0.717, 1.165) is 23.6 Å². The Hall–Kier alpha value is -2.77. The molecule has 2 N–H and O–H groups in total. The molecule has 0 saturated heterocycles. The van der Waals surface area contributed by atoms with Crippen molar-refractivity contribution in [1.29, 1.82) is 0 Å². The van der Waals surface area contributed by atoms with Crippen molar-refractivity contribution in [2.75, 3.05) is 5.32 Å². The molecule has 0 radical (unpaired) electrons. The summed E-state index contributed by atoms with van der Waals surface area (Å²) in [6, 6.07) is 4.83. The van der Waals surface area contributed by atoms with Gasteiger partial charge in [0.25, 0.3) is 0 Å². The Labute approximate surface area is 123 Å². The molecule has 0 aliphatic carbocycles. The zero-order valence-corrected chi connectivity index (χ0v) is 11.3. The maximum atomic E-state index is 12.5. The molecular formula is C14H12F3N5. The molecular weight excluding hydrogens is 295 g/mol. The molecule has 1 aromatic carbocycles. The summed E-state index contributed by atoms with van der Waals surface area (Å²) in [5.41, 5.74) is 0.620. The second-order valence-electron chi connectivity index (χ2n) is 4.61. The Bertz CT molecular complexity index is 729. The van der Waals surface area contributed by atoms with E-state index in [9.17, 15) is 13.2 Å². The molecule has 22 heavy (non-hydrogen) atoms. The van der Waals surface area contributed by atoms with Crippen LogP contribution in [0.4, 0.5) is 18.9 Å². The molecule has 0 aliphatic heterocycles. The largest absolute Gasteiger partial charge is 0.416 e. The number of rotatable bonds is 4. The van der Waals surface area contributed by atoms with Crippen LogP contribution in [0.3, 0.4) is 0 Å². The van der Waals surface area contributed by atoms with E-state index in [4.69, 9.17) is 0 Å². The van der Waals surface area contributed by atoms with Crippen molar-refractivity contribution in [2.24, 2.45) is 0 Å². The predicted molar refractivity (Wildman–Crippen MR) is 74.5 cm³/mol. The number of alkyl halides is 3. The molecule has 3 rings (SSSR count). The maximum Gasteiger partial charge on any atom is 0.416 e. The van der Waals surface area contributed by atoms with Crippen molar-refractivity contribution < 1.29 is 13.2 Å². The van der Waals surface area contributed by atoms with Crippen molar-refractivity contribution in [1.82, 2.24) is 19.7 Å². The summed E-state index contributed by atoms with van der Waals surface area (Å²) in [5.74, 6) is 0.780. The Morgan fingerprint density at radius 3 is 2.59 bits per heavy atom. The third-order valence-electron chi connectivity index (χ3n) is 3.06. The van der Waals surface area contributed by atoms with Gasteiger partial charge in [-0.25, -0.2) is 9.67 Å². The molecule has 0 saturated carbocycles. The highest BCUT2D eigenvalue weighted by molar-refractivity contribution is 5.43. The quantitative estimate of drug-likeness (QED) is 0.778. The Kier molecular flexibility index (Phi) is 3.58. The Morgan fingerprint density at radius 2 is 1.95 bits per heavy atom. The molecule has 0 atom stereocenters. The first kappa shape index (κ1) is 14.2. The molecule has 0 aliphatic rings. The van der Waals surface area contributed by atoms with Gasteiger partial charge in [-0.05, 0) is 24.3 Å². The monoisotopic (exact) mass is 307 g/mol. The maximum absolute atomic E-state index is 12.5. The van der Waals surface area contributed by atoms with E-state index in [1.165, 1.54) is 16.8 Å². The molecule has 5 nitrogen and oxygen atoms in total. The molecule has 0 fully saturated rings. The summed E-state index contributed by atoms with van der Waals surface area (Å²) in [6.45, 7) is 0.506. The highest BCUT2D eigenvalue weighted by atomic mass is 19.4. The van der Waals surface area contributed by atoms with Crippen LogP contribution >= 0.6 is 0 Å². The zero-order valence-electron chi connectivity index (χ0n) is 11.3. The Morgan fingerprint density at radius 1 is 1.18 bits per heavy atom. The number of benzene rings is 1. The van der Waals surface area contributed by atoms with Crippen LogP contribution in [0.1, 0.15) is 11.4 Å². The fourth-order valence-corrected chi connectivity index (χ4v) is 1.94. The minimum atomic E-state index is -4.33. The van der Waals surface area contributed by atoms with Gasteiger partial charge < -0.3 is 10.3 Å². The SMILES string of the molecule is FC(F)(F)c1ccc(-n2cc(NCc3ncc[nH]3)cn2)cc1. The van der Waals surface area contributed by atoms with Crippen LogP contribution in [0.2, 0.25) is 0 Å². The van der Waals surface area contributed by atoms with E-state index in [2.05, 4.69) is 20.4 Å². The number of aromatic nitrogens is 4. The van der Waals surface area contributed by atoms with Gasteiger partial charge in [0.1, 0.15) is 5.82 Å². The van der Waals surface area contributed by atoms with Crippen LogP contribution in [-0.4, -0.2) is 19.7 Å². The van der Waals surface area contributed by atoms with Gasteiger partial charge in [-0.1, -0.05) is 0 Å². The molecule has 0 unspecified atom stereocenters. The van der Waals surface area contributed by atoms with E-state index in [1.54, 1.807) is 24.8 Å². The van der Waals surface area contributed by atoms with E-state index < -0.39 is 11.7 Å². The number of hydrogen-bond donors (Lipinski definition) is 2. The molecule has 8 heteroatoms. The van der Waals surface area contributed by atoms with Gasteiger partial charge in [-0.15, -0.1) is 0 Å². The number of aromatic amines is 1. The van der Waals surface area contributed by atoms with Gasteiger partial charge in [0.2, 0.25) is 0 Å². The first-order valence-electron chi connectivity index (χ1n) is 6.47. The second kappa shape index (κ2) is 5.55.